The molecule has 3 heterocycles. The number of hydrogen-bond acceptors (Lipinski definition) is 5. The number of aromatic nitrogens is 3. The first-order valence-corrected chi connectivity index (χ1v) is 7.27. The summed E-state index contributed by atoms with van der Waals surface area (Å²) < 4.78 is 11.0. The molecule has 116 valence electrons. The molecular formula is C15H18N4O3. The molecule has 7 nitrogen and oxygen atoms in total. The van der Waals surface area contributed by atoms with Crippen LogP contribution in [0.3, 0.4) is 0 Å². The van der Waals surface area contributed by atoms with Gasteiger partial charge in [0.25, 0.3) is 5.91 Å². The Hall–Kier alpha value is -2.41. The van der Waals surface area contributed by atoms with Crippen LogP contribution in [-0.2, 0) is 11.2 Å². The number of hydrogen-bond donors (Lipinski definition) is 2. The van der Waals surface area contributed by atoms with Crippen LogP contribution in [0.25, 0.3) is 0 Å². The number of nitrogens with zero attached hydrogens (tertiary/aromatic N) is 2. The van der Waals surface area contributed by atoms with Gasteiger partial charge in [0.05, 0.1) is 19.5 Å². The first kappa shape index (κ1) is 14.5. The van der Waals surface area contributed by atoms with Crippen molar-refractivity contribution < 1.29 is 14.3 Å². The lowest BCUT2D eigenvalue weighted by molar-refractivity contribution is 0.0952. The number of carbonyl (C=O) groups is 1. The normalized spacial score (nSPS) is 17.4. The fraction of sp³-hybridized carbons (Fsp3) is 0.400. The lowest BCUT2D eigenvalue weighted by Gasteiger charge is -2.11. The Kier molecular flexibility index (Phi) is 4.65. The Morgan fingerprint density at radius 1 is 1.55 bits per heavy atom. The van der Waals surface area contributed by atoms with E-state index in [0.29, 0.717) is 37.6 Å². The highest BCUT2D eigenvalue weighted by molar-refractivity contribution is 5.94. The van der Waals surface area contributed by atoms with Gasteiger partial charge in [0, 0.05) is 49.1 Å². The Morgan fingerprint density at radius 3 is 3.27 bits per heavy atom. The average molecular weight is 302 g/mol. The van der Waals surface area contributed by atoms with Crippen LogP contribution in [0.4, 0.5) is 0 Å². The Labute approximate surface area is 128 Å². The summed E-state index contributed by atoms with van der Waals surface area (Å²) in [7, 11) is 0. The van der Waals surface area contributed by atoms with Crippen LogP contribution in [0.5, 0.6) is 5.88 Å². The summed E-state index contributed by atoms with van der Waals surface area (Å²) in [6.07, 6.45) is 6.52. The van der Waals surface area contributed by atoms with Crippen molar-refractivity contribution in [3.05, 3.63) is 42.1 Å². The van der Waals surface area contributed by atoms with Crippen LogP contribution >= 0.6 is 0 Å². The molecule has 0 saturated carbocycles. The van der Waals surface area contributed by atoms with E-state index in [2.05, 4.69) is 20.3 Å². The van der Waals surface area contributed by atoms with Crippen LogP contribution in [-0.4, -0.2) is 46.7 Å². The first-order valence-electron chi connectivity index (χ1n) is 7.27. The van der Waals surface area contributed by atoms with Gasteiger partial charge in [-0.25, -0.2) is 9.97 Å². The Balaban J connectivity index is 1.52. The van der Waals surface area contributed by atoms with Gasteiger partial charge >= 0.3 is 0 Å². The standard InChI is InChI=1S/C15H18N4O3/c20-15(18-5-2-12-8-16-10-19-12)11-1-4-17-14(7-11)22-13-3-6-21-9-13/h1,4,7-8,10,13H,2-3,5-6,9H2,(H,16,19)(H,18,20). The molecule has 1 aliphatic heterocycles. The number of nitrogens with one attached hydrogen (secondary N) is 2. The second kappa shape index (κ2) is 7.04. The van der Waals surface area contributed by atoms with Crippen molar-refractivity contribution in [3.8, 4) is 5.88 Å². The van der Waals surface area contributed by atoms with Crippen molar-refractivity contribution >= 4 is 5.91 Å². The van der Waals surface area contributed by atoms with Gasteiger partial charge < -0.3 is 19.8 Å². The van der Waals surface area contributed by atoms with Crippen molar-refractivity contribution in [1.29, 1.82) is 0 Å². The van der Waals surface area contributed by atoms with Crippen molar-refractivity contribution in [2.75, 3.05) is 19.8 Å². The number of amides is 1. The summed E-state index contributed by atoms with van der Waals surface area (Å²) in [5.74, 6) is 0.311. The van der Waals surface area contributed by atoms with Gasteiger partial charge in [-0.1, -0.05) is 0 Å². The molecule has 1 amide bonds. The highest BCUT2D eigenvalue weighted by atomic mass is 16.5. The van der Waals surface area contributed by atoms with Gasteiger partial charge in [-0.3, -0.25) is 4.79 Å². The van der Waals surface area contributed by atoms with Crippen LogP contribution in [0.1, 0.15) is 22.5 Å². The van der Waals surface area contributed by atoms with E-state index in [4.69, 9.17) is 9.47 Å². The Bertz CT molecular complexity index is 609. The van der Waals surface area contributed by atoms with Gasteiger partial charge in [0.1, 0.15) is 6.10 Å². The fourth-order valence-corrected chi connectivity index (χ4v) is 2.23. The smallest absolute Gasteiger partial charge is 0.251 e. The molecule has 0 aromatic carbocycles. The van der Waals surface area contributed by atoms with Crippen LogP contribution in [0.15, 0.2) is 30.9 Å². The molecule has 1 aliphatic rings. The van der Waals surface area contributed by atoms with E-state index in [1.54, 1.807) is 30.9 Å². The maximum atomic E-state index is 12.1. The highest BCUT2D eigenvalue weighted by Crippen LogP contribution is 2.15. The van der Waals surface area contributed by atoms with Crippen molar-refractivity contribution in [2.45, 2.75) is 18.9 Å². The summed E-state index contributed by atoms with van der Waals surface area (Å²) >= 11 is 0. The van der Waals surface area contributed by atoms with Gasteiger partial charge in [-0.05, 0) is 6.07 Å². The van der Waals surface area contributed by atoms with E-state index in [1.165, 1.54) is 0 Å². The lowest BCUT2D eigenvalue weighted by atomic mass is 10.2. The van der Waals surface area contributed by atoms with Gasteiger partial charge in [-0.2, -0.15) is 0 Å². The second-order valence-electron chi connectivity index (χ2n) is 5.07. The van der Waals surface area contributed by atoms with Gasteiger partial charge in [0.15, 0.2) is 0 Å². The summed E-state index contributed by atoms with van der Waals surface area (Å²) in [5.41, 5.74) is 1.52. The van der Waals surface area contributed by atoms with Crippen LogP contribution in [0, 0.1) is 0 Å². The number of rotatable bonds is 6. The van der Waals surface area contributed by atoms with E-state index in [9.17, 15) is 4.79 Å². The van der Waals surface area contributed by atoms with E-state index < -0.39 is 0 Å². The zero-order valence-corrected chi connectivity index (χ0v) is 12.1. The minimum absolute atomic E-state index is 0.0196. The summed E-state index contributed by atoms with van der Waals surface area (Å²) in [6, 6.07) is 3.33. The fourth-order valence-electron chi connectivity index (χ4n) is 2.23. The minimum Gasteiger partial charge on any atom is -0.472 e. The summed E-state index contributed by atoms with van der Waals surface area (Å²) in [6.45, 7) is 1.82. The molecule has 1 unspecified atom stereocenters. The first-order chi connectivity index (χ1) is 10.8. The van der Waals surface area contributed by atoms with Crippen molar-refractivity contribution in [3.63, 3.8) is 0 Å². The van der Waals surface area contributed by atoms with E-state index in [-0.39, 0.29) is 12.0 Å². The summed E-state index contributed by atoms with van der Waals surface area (Å²) in [4.78, 5) is 23.2. The molecule has 2 aromatic heterocycles. The van der Waals surface area contributed by atoms with E-state index in [0.717, 1.165) is 12.1 Å². The Morgan fingerprint density at radius 2 is 2.50 bits per heavy atom. The molecule has 2 N–H and O–H groups in total. The third kappa shape index (κ3) is 3.82. The molecule has 7 heteroatoms. The monoisotopic (exact) mass is 302 g/mol. The molecule has 2 aromatic rings. The number of aromatic amines is 1. The minimum atomic E-state index is -0.144. The molecule has 1 atom stereocenters. The molecule has 1 fully saturated rings. The molecule has 1 saturated heterocycles. The van der Waals surface area contributed by atoms with Crippen LogP contribution in [0.2, 0.25) is 0 Å². The predicted octanol–water partition coefficient (Wildman–Crippen LogP) is 0.945. The van der Waals surface area contributed by atoms with E-state index >= 15 is 0 Å². The average Bonchev–Trinajstić information content (AvgIpc) is 3.21. The number of H-pyrrole nitrogens is 1. The molecule has 0 radical (unpaired) electrons. The number of imidazole rings is 1. The zero-order valence-electron chi connectivity index (χ0n) is 12.1. The predicted molar refractivity (Wildman–Crippen MR) is 78.7 cm³/mol. The number of carbonyl (C=O) groups excluding carboxylic acids is 1. The number of ether oxygens (including phenoxy) is 2. The topological polar surface area (TPSA) is 89.1 Å². The molecular weight excluding hydrogens is 284 g/mol. The molecule has 0 spiro atoms. The van der Waals surface area contributed by atoms with Crippen LogP contribution < -0.4 is 10.1 Å². The molecule has 3 rings (SSSR count). The van der Waals surface area contributed by atoms with E-state index in [1.807, 2.05) is 0 Å². The third-order valence-electron chi connectivity index (χ3n) is 3.41. The zero-order chi connectivity index (χ0) is 15.2. The van der Waals surface area contributed by atoms with Gasteiger partial charge in [-0.15, -0.1) is 0 Å². The number of pyridine rings is 1. The molecule has 0 aliphatic carbocycles. The lowest BCUT2D eigenvalue weighted by Crippen LogP contribution is -2.26. The van der Waals surface area contributed by atoms with Crippen molar-refractivity contribution in [1.82, 2.24) is 20.3 Å². The second-order valence-corrected chi connectivity index (χ2v) is 5.07. The SMILES string of the molecule is O=C(NCCc1cnc[nH]1)c1ccnc(OC2CCOC2)c1. The van der Waals surface area contributed by atoms with Gasteiger partial charge in [0.2, 0.25) is 5.88 Å². The third-order valence-corrected chi connectivity index (χ3v) is 3.41. The van der Waals surface area contributed by atoms with Crippen molar-refractivity contribution in [2.24, 2.45) is 0 Å². The highest BCUT2D eigenvalue weighted by Gasteiger charge is 2.18. The molecule has 22 heavy (non-hydrogen) atoms. The maximum Gasteiger partial charge on any atom is 0.251 e. The summed E-state index contributed by atoms with van der Waals surface area (Å²) in [5, 5.41) is 2.86. The maximum absolute atomic E-state index is 12.1. The quantitative estimate of drug-likeness (QED) is 0.829. The largest absolute Gasteiger partial charge is 0.472 e. The molecule has 0 bridgehead atoms.